The van der Waals surface area contributed by atoms with Crippen LogP contribution < -0.4 is 0 Å². The number of hydrogen-bond acceptors (Lipinski definition) is 3. The lowest BCUT2D eigenvalue weighted by atomic mass is 9.88. The molecule has 15 heavy (non-hydrogen) atoms. The van der Waals surface area contributed by atoms with Crippen LogP contribution in [-0.2, 0) is 9.47 Å². The highest BCUT2D eigenvalue weighted by atomic mass is 16.5. The highest BCUT2D eigenvalue weighted by Gasteiger charge is 2.23. The first-order valence-corrected chi connectivity index (χ1v) is 6.18. The van der Waals surface area contributed by atoms with Gasteiger partial charge >= 0.3 is 0 Å². The fourth-order valence-corrected chi connectivity index (χ4v) is 2.47. The number of aliphatic hydroxyl groups excluding tert-OH is 1. The number of aliphatic hydroxyl groups is 1. The fraction of sp³-hybridized carbons (Fsp3) is 1.00. The van der Waals surface area contributed by atoms with Crippen molar-refractivity contribution in [1.29, 1.82) is 0 Å². The third-order valence-corrected chi connectivity index (χ3v) is 3.64. The third-order valence-electron chi connectivity index (χ3n) is 3.64. The van der Waals surface area contributed by atoms with Crippen LogP contribution in [0.4, 0.5) is 0 Å². The minimum Gasteiger partial charge on any atom is -0.396 e. The molecule has 1 unspecified atom stereocenters. The topological polar surface area (TPSA) is 38.7 Å². The van der Waals surface area contributed by atoms with E-state index in [1.165, 1.54) is 0 Å². The van der Waals surface area contributed by atoms with E-state index in [0.717, 1.165) is 51.9 Å². The zero-order chi connectivity index (χ0) is 10.5. The normalized spacial score (nSPS) is 37.0. The minimum absolute atomic E-state index is 0.350. The number of rotatable bonds is 4. The SMILES string of the molecule is OCC1CCC(OCC2CCOC2)CC1. The molecule has 0 aromatic heterocycles. The summed E-state index contributed by atoms with van der Waals surface area (Å²) < 4.78 is 11.2. The summed E-state index contributed by atoms with van der Waals surface area (Å²) >= 11 is 0. The second-order valence-electron chi connectivity index (χ2n) is 4.89. The van der Waals surface area contributed by atoms with Crippen LogP contribution in [0.3, 0.4) is 0 Å². The zero-order valence-electron chi connectivity index (χ0n) is 9.36. The van der Waals surface area contributed by atoms with Crippen molar-refractivity contribution in [3.05, 3.63) is 0 Å². The molecule has 1 saturated carbocycles. The first kappa shape index (κ1) is 11.4. The van der Waals surface area contributed by atoms with Gasteiger partial charge in [0.05, 0.1) is 19.3 Å². The summed E-state index contributed by atoms with van der Waals surface area (Å²) in [6.07, 6.45) is 6.10. The van der Waals surface area contributed by atoms with Gasteiger partial charge in [-0.2, -0.15) is 0 Å². The van der Waals surface area contributed by atoms with Gasteiger partial charge in [-0.05, 0) is 38.0 Å². The highest BCUT2D eigenvalue weighted by molar-refractivity contribution is 4.73. The van der Waals surface area contributed by atoms with Crippen molar-refractivity contribution in [3.63, 3.8) is 0 Å². The van der Waals surface area contributed by atoms with E-state index in [0.29, 0.717) is 24.5 Å². The van der Waals surface area contributed by atoms with Crippen molar-refractivity contribution in [2.45, 2.75) is 38.2 Å². The predicted molar refractivity (Wildman–Crippen MR) is 57.7 cm³/mol. The summed E-state index contributed by atoms with van der Waals surface area (Å²) in [6, 6.07) is 0. The Labute approximate surface area is 91.8 Å². The van der Waals surface area contributed by atoms with Crippen molar-refractivity contribution in [2.75, 3.05) is 26.4 Å². The molecular weight excluding hydrogens is 192 g/mol. The maximum absolute atomic E-state index is 9.02. The average molecular weight is 214 g/mol. The van der Waals surface area contributed by atoms with Gasteiger partial charge in [-0.15, -0.1) is 0 Å². The maximum atomic E-state index is 9.02. The molecule has 0 amide bonds. The maximum Gasteiger partial charge on any atom is 0.0575 e. The molecule has 2 rings (SSSR count). The Hall–Kier alpha value is -0.120. The van der Waals surface area contributed by atoms with Crippen molar-refractivity contribution >= 4 is 0 Å². The lowest BCUT2D eigenvalue weighted by Crippen LogP contribution is -2.25. The molecule has 0 aromatic rings. The third kappa shape index (κ3) is 3.44. The van der Waals surface area contributed by atoms with Gasteiger partial charge in [0, 0.05) is 19.1 Å². The van der Waals surface area contributed by atoms with Gasteiger partial charge in [-0.25, -0.2) is 0 Å². The molecule has 0 aromatic carbocycles. The molecular formula is C12H22O3. The molecule has 2 fully saturated rings. The quantitative estimate of drug-likeness (QED) is 0.772. The van der Waals surface area contributed by atoms with E-state index in [1.54, 1.807) is 0 Å². The average Bonchev–Trinajstić information content (AvgIpc) is 2.80. The van der Waals surface area contributed by atoms with Crippen LogP contribution in [0.25, 0.3) is 0 Å². The second-order valence-corrected chi connectivity index (χ2v) is 4.89. The Morgan fingerprint density at radius 3 is 2.47 bits per heavy atom. The Kier molecular flexibility index (Phi) is 4.42. The van der Waals surface area contributed by atoms with E-state index in [2.05, 4.69) is 0 Å². The summed E-state index contributed by atoms with van der Waals surface area (Å²) in [4.78, 5) is 0. The molecule has 0 bridgehead atoms. The number of ether oxygens (including phenoxy) is 2. The second kappa shape index (κ2) is 5.83. The van der Waals surface area contributed by atoms with Crippen LogP contribution in [0.15, 0.2) is 0 Å². The van der Waals surface area contributed by atoms with Gasteiger partial charge < -0.3 is 14.6 Å². The van der Waals surface area contributed by atoms with Crippen LogP contribution in [0.2, 0.25) is 0 Å². The molecule has 1 N–H and O–H groups in total. The molecule has 0 spiro atoms. The number of hydrogen-bond donors (Lipinski definition) is 1. The van der Waals surface area contributed by atoms with Gasteiger partial charge in [0.25, 0.3) is 0 Å². The smallest absolute Gasteiger partial charge is 0.0575 e. The van der Waals surface area contributed by atoms with Gasteiger partial charge in [0.15, 0.2) is 0 Å². The molecule has 1 heterocycles. The molecule has 0 radical (unpaired) electrons. The summed E-state index contributed by atoms with van der Waals surface area (Å²) in [6.45, 7) is 3.01. The molecule has 3 heteroatoms. The van der Waals surface area contributed by atoms with E-state index in [-0.39, 0.29) is 0 Å². The minimum atomic E-state index is 0.350. The Morgan fingerprint density at radius 2 is 1.87 bits per heavy atom. The van der Waals surface area contributed by atoms with E-state index >= 15 is 0 Å². The molecule has 1 aliphatic heterocycles. The van der Waals surface area contributed by atoms with Crippen molar-refractivity contribution in [2.24, 2.45) is 11.8 Å². The predicted octanol–water partition coefficient (Wildman–Crippen LogP) is 1.59. The summed E-state index contributed by atoms with van der Waals surface area (Å²) in [5.74, 6) is 1.15. The van der Waals surface area contributed by atoms with Gasteiger partial charge in [0.2, 0.25) is 0 Å². The Morgan fingerprint density at radius 1 is 1.07 bits per heavy atom. The highest BCUT2D eigenvalue weighted by Crippen LogP contribution is 2.26. The van der Waals surface area contributed by atoms with E-state index in [4.69, 9.17) is 14.6 Å². The lowest BCUT2D eigenvalue weighted by molar-refractivity contribution is -0.00714. The first-order chi connectivity index (χ1) is 7.38. The molecule has 88 valence electrons. The van der Waals surface area contributed by atoms with Crippen LogP contribution in [0.1, 0.15) is 32.1 Å². The molecule has 1 atom stereocenters. The molecule has 3 nitrogen and oxygen atoms in total. The van der Waals surface area contributed by atoms with Crippen LogP contribution in [-0.4, -0.2) is 37.6 Å². The standard InChI is InChI=1S/C12H22O3/c13-7-10-1-3-12(4-2-10)15-9-11-5-6-14-8-11/h10-13H,1-9H2. The van der Waals surface area contributed by atoms with Crippen LogP contribution in [0.5, 0.6) is 0 Å². The van der Waals surface area contributed by atoms with Gasteiger partial charge in [-0.1, -0.05) is 0 Å². The Balaban J connectivity index is 1.59. The van der Waals surface area contributed by atoms with Crippen molar-refractivity contribution in [3.8, 4) is 0 Å². The van der Waals surface area contributed by atoms with E-state index < -0.39 is 0 Å². The summed E-state index contributed by atoms with van der Waals surface area (Å²) in [7, 11) is 0. The Bertz CT molecular complexity index is 170. The summed E-state index contributed by atoms with van der Waals surface area (Å²) in [5, 5.41) is 9.02. The molecule has 1 aliphatic carbocycles. The van der Waals surface area contributed by atoms with E-state index in [9.17, 15) is 0 Å². The fourth-order valence-electron chi connectivity index (χ4n) is 2.47. The lowest BCUT2D eigenvalue weighted by Gasteiger charge is -2.28. The summed E-state index contributed by atoms with van der Waals surface area (Å²) in [5.41, 5.74) is 0. The van der Waals surface area contributed by atoms with Gasteiger partial charge in [-0.3, -0.25) is 0 Å². The molecule has 1 saturated heterocycles. The van der Waals surface area contributed by atoms with Gasteiger partial charge in [0.1, 0.15) is 0 Å². The largest absolute Gasteiger partial charge is 0.396 e. The molecule has 2 aliphatic rings. The van der Waals surface area contributed by atoms with Crippen LogP contribution in [0, 0.1) is 11.8 Å². The van der Waals surface area contributed by atoms with Crippen LogP contribution >= 0.6 is 0 Å². The van der Waals surface area contributed by atoms with E-state index in [1.807, 2.05) is 0 Å². The van der Waals surface area contributed by atoms with Crippen molar-refractivity contribution < 1.29 is 14.6 Å². The first-order valence-electron chi connectivity index (χ1n) is 6.18. The van der Waals surface area contributed by atoms with Crippen molar-refractivity contribution in [1.82, 2.24) is 0 Å². The zero-order valence-corrected chi connectivity index (χ0v) is 9.36. The monoisotopic (exact) mass is 214 g/mol.